The molecule has 2 N–H and O–H groups in total. The third-order valence-corrected chi connectivity index (χ3v) is 6.27. The van der Waals surface area contributed by atoms with Crippen LogP contribution in [0.25, 0.3) is 10.9 Å². The van der Waals surface area contributed by atoms with E-state index < -0.39 is 0 Å². The number of nitrogens with zero attached hydrogens (tertiary/aromatic N) is 3. The molecular weight excluding hydrogens is 402 g/mol. The molecule has 3 heterocycles. The average molecular weight is 438 g/mol. The number of fused-ring (bicyclic) bond motifs is 1. The van der Waals surface area contributed by atoms with E-state index in [-0.39, 0.29) is 0 Å². The second-order valence-electron chi connectivity index (χ2n) is 8.28. The van der Waals surface area contributed by atoms with Crippen molar-refractivity contribution < 1.29 is 9.47 Å². The standard InChI is InChI=1S/C25H35N5O2/c1-5-29(6-2)9-14-32-21-16-24(28-25(17-21)30-10-12-31-13-11-30)27-20-7-8-23-22(15-20)18(3)19(4)26-23/h7-8,15-17,26H,5-6,9-14H2,1-4H3,(H,27,28). The summed E-state index contributed by atoms with van der Waals surface area (Å²) in [5, 5.41) is 4.73. The van der Waals surface area contributed by atoms with Crippen LogP contribution in [0.4, 0.5) is 17.3 Å². The molecule has 172 valence electrons. The van der Waals surface area contributed by atoms with Crippen LogP contribution in [-0.2, 0) is 4.74 Å². The molecule has 3 aromatic rings. The Labute approximate surface area is 190 Å². The lowest BCUT2D eigenvalue weighted by Crippen LogP contribution is -2.36. The maximum atomic E-state index is 6.16. The van der Waals surface area contributed by atoms with Crippen molar-refractivity contribution in [3.63, 3.8) is 0 Å². The lowest BCUT2D eigenvalue weighted by Gasteiger charge is -2.28. The van der Waals surface area contributed by atoms with E-state index in [1.54, 1.807) is 0 Å². The molecule has 1 aliphatic rings. The molecule has 7 nitrogen and oxygen atoms in total. The van der Waals surface area contributed by atoms with Crippen LogP contribution in [0.1, 0.15) is 25.1 Å². The van der Waals surface area contributed by atoms with Crippen LogP contribution in [0.3, 0.4) is 0 Å². The number of hydrogen-bond donors (Lipinski definition) is 2. The van der Waals surface area contributed by atoms with Gasteiger partial charge in [-0.25, -0.2) is 4.98 Å². The summed E-state index contributed by atoms with van der Waals surface area (Å²) in [7, 11) is 0. The smallest absolute Gasteiger partial charge is 0.136 e. The van der Waals surface area contributed by atoms with Gasteiger partial charge in [0.25, 0.3) is 0 Å². The van der Waals surface area contributed by atoms with Crippen LogP contribution in [0, 0.1) is 13.8 Å². The number of morpholine rings is 1. The van der Waals surface area contributed by atoms with Gasteiger partial charge in [-0.1, -0.05) is 13.8 Å². The molecule has 0 bridgehead atoms. The maximum Gasteiger partial charge on any atom is 0.136 e. The Morgan fingerprint density at radius 2 is 1.91 bits per heavy atom. The number of benzene rings is 1. The lowest BCUT2D eigenvalue weighted by molar-refractivity contribution is 0.122. The van der Waals surface area contributed by atoms with E-state index in [4.69, 9.17) is 14.5 Å². The van der Waals surface area contributed by atoms with Crippen molar-refractivity contribution in [2.75, 3.05) is 62.8 Å². The highest BCUT2D eigenvalue weighted by Crippen LogP contribution is 2.29. The van der Waals surface area contributed by atoms with Gasteiger partial charge in [-0.3, -0.25) is 0 Å². The number of aromatic amines is 1. The number of hydrogen-bond acceptors (Lipinski definition) is 6. The minimum Gasteiger partial charge on any atom is -0.492 e. The number of aryl methyl sites for hydroxylation is 2. The summed E-state index contributed by atoms with van der Waals surface area (Å²) in [6, 6.07) is 10.4. The Morgan fingerprint density at radius 1 is 1.12 bits per heavy atom. The monoisotopic (exact) mass is 437 g/mol. The SMILES string of the molecule is CCN(CC)CCOc1cc(Nc2ccc3[nH]c(C)c(C)c3c2)nc(N2CCOCC2)c1. The van der Waals surface area contributed by atoms with Crippen LogP contribution in [-0.4, -0.2) is 67.4 Å². The fourth-order valence-corrected chi connectivity index (χ4v) is 4.11. The van der Waals surface area contributed by atoms with E-state index in [9.17, 15) is 0 Å². The van der Waals surface area contributed by atoms with Gasteiger partial charge in [0.15, 0.2) is 0 Å². The number of rotatable bonds is 9. The first kappa shape index (κ1) is 22.4. The molecule has 0 atom stereocenters. The molecule has 1 aromatic carbocycles. The summed E-state index contributed by atoms with van der Waals surface area (Å²) in [4.78, 5) is 13.0. The number of nitrogens with one attached hydrogen (secondary N) is 2. The molecule has 0 unspecified atom stereocenters. The zero-order chi connectivity index (χ0) is 22.5. The van der Waals surface area contributed by atoms with Gasteiger partial charge < -0.3 is 29.6 Å². The van der Waals surface area contributed by atoms with Crippen molar-refractivity contribution in [2.45, 2.75) is 27.7 Å². The normalized spacial score (nSPS) is 14.3. The molecule has 0 saturated carbocycles. The number of anilines is 3. The van der Waals surface area contributed by atoms with Crippen molar-refractivity contribution in [1.82, 2.24) is 14.9 Å². The predicted molar refractivity (Wildman–Crippen MR) is 132 cm³/mol. The van der Waals surface area contributed by atoms with Crippen molar-refractivity contribution in [1.29, 1.82) is 0 Å². The Hall–Kier alpha value is -2.77. The first-order valence-corrected chi connectivity index (χ1v) is 11.6. The third-order valence-electron chi connectivity index (χ3n) is 6.27. The fraction of sp³-hybridized carbons (Fsp3) is 0.480. The summed E-state index contributed by atoms with van der Waals surface area (Å²) in [6.45, 7) is 15.4. The first-order chi connectivity index (χ1) is 15.6. The van der Waals surface area contributed by atoms with Gasteiger partial charge in [0.2, 0.25) is 0 Å². The van der Waals surface area contributed by atoms with Gasteiger partial charge in [-0.2, -0.15) is 0 Å². The van der Waals surface area contributed by atoms with Crippen LogP contribution in [0.2, 0.25) is 0 Å². The van der Waals surface area contributed by atoms with E-state index in [2.05, 4.69) is 66.0 Å². The Bertz CT molecular complexity index is 1040. The molecule has 1 saturated heterocycles. The van der Waals surface area contributed by atoms with Gasteiger partial charge in [0.05, 0.1) is 13.2 Å². The second kappa shape index (κ2) is 10.2. The second-order valence-corrected chi connectivity index (χ2v) is 8.28. The van der Waals surface area contributed by atoms with Crippen molar-refractivity contribution >= 4 is 28.2 Å². The van der Waals surface area contributed by atoms with E-state index in [0.29, 0.717) is 6.61 Å². The van der Waals surface area contributed by atoms with Crippen molar-refractivity contribution in [3.05, 3.63) is 41.6 Å². The zero-order valence-corrected chi connectivity index (χ0v) is 19.7. The minimum atomic E-state index is 0.654. The molecule has 32 heavy (non-hydrogen) atoms. The molecule has 1 aliphatic heterocycles. The van der Waals surface area contributed by atoms with Crippen molar-refractivity contribution in [3.8, 4) is 5.75 Å². The minimum absolute atomic E-state index is 0.654. The Morgan fingerprint density at radius 3 is 2.66 bits per heavy atom. The molecule has 0 radical (unpaired) electrons. The number of ether oxygens (including phenoxy) is 2. The third kappa shape index (κ3) is 5.16. The fourth-order valence-electron chi connectivity index (χ4n) is 4.11. The van der Waals surface area contributed by atoms with Crippen molar-refractivity contribution in [2.24, 2.45) is 0 Å². The molecule has 7 heteroatoms. The number of aromatic nitrogens is 2. The van der Waals surface area contributed by atoms with Crippen LogP contribution in [0.5, 0.6) is 5.75 Å². The van der Waals surface area contributed by atoms with Crippen LogP contribution in [0.15, 0.2) is 30.3 Å². The summed E-state index contributed by atoms with van der Waals surface area (Å²) >= 11 is 0. The molecule has 0 amide bonds. The zero-order valence-electron chi connectivity index (χ0n) is 19.7. The van der Waals surface area contributed by atoms with E-state index in [1.807, 2.05) is 12.1 Å². The quantitative estimate of drug-likeness (QED) is 0.515. The summed E-state index contributed by atoms with van der Waals surface area (Å²) in [6.07, 6.45) is 0. The van der Waals surface area contributed by atoms with Gasteiger partial charge in [-0.15, -0.1) is 0 Å². The average Bonchev–Trinajstić information content (AvgIpc) is 3.10. The molecule has 2 aromatic heterocycles. The van der Waals surface area contributed by atoms with Gasteiger partial charge in [0, 0.05) is 54.1 Å². The predicted octanol–water partition coefficient (Wildman–Crippen LogP) is 4.48. The Balaban J connectivity index is 1.57. The highest BCUT2D eigenvalue weighted by molar-refractivity contribution is 5.88. The first-order valence-electron chi connectivity index (χ1n) is 11.6. The highest BCUT2D eigenvalue weighted by atomic mass is 16.5. The van der Waals surface area contributed by atoms with Gasteiger partial charge >= 0.3 is 0 Å². The number of pyridine rings is 1. The van der Waals surface area contributed by atoms with E-state index in [1.165, 1.54) is 16.6 Å². The number of likely N-dealkylation sites (N-methyl/N-ethyl adjacent to an activating group) is 1. The number of H-pyrrole nitrogens is 1. The summed E-state index contributed by atoms with van der Waals surface area (Å²) in [5.74, 6) is 2.55. The molecule has 0 spiro atoms. The van der Waals surface area contributed by atoms with Crippen LogP contribution < -0.4 is 15.0 Å². The largest absolute Gasteiger partial charge is 0.492 e. The molecular formula is C25H35N5O2. The lowest BCUT2D eigenvalue weighted by atomic mass is 10.1. The van der Waals surface area contributed by atoms with E-state index in [0.717, 1.165) is 74.5 Å². The molecule has 4 rings (SSSR count). The Kier molecular flexibility index (Phi) is 7.17. The molecule has 1 fully saturated rings. The topological polar surface area (TPSA) is 65.7 Å². The summed E-state index contributed by atoms with van der Waals surface area (Å²) < 4.78 is 11.7. The van der Waals surface area contributed by atoms with Crippen LogP contribution >= 0.6 is 0 Å². The van der Waals surface area contributed by atoms with Gasteiger partial charge in [0.1, 0.15) is 24.0 Å². The maximum absolute atomic E-state index is 6.16. The highest BCUT2D eigenvalue weighted by Gasteiger charge is 2.15. The molecule has 0 aliphatic carbocycles. The summed E-state index contributed by atoms with van der Waals surface area (Å²) in [5.41, 5.74) is 4.65. The van der Waals surface area contributed by atoms with Gasteiger partial charge in [-0.05, 0) is 50.7 Å². The van der Waals surface area contributed by atoms with E-state index >= 15 is 0 Å².